The molecule has 1 aliphatic carbocycles. The molecule has 0 spiro atoms. The molecule has 1 aliphatic rings. The number of rotatable bonds is 0. The highest BCUT2D eigenvalue weighted by Crippen LogP contribution is 2.58. The molecule has 6 heteroatoms. The minimum Gasteiger partial charge on any atom is -0.239 e. The Morgan fingerprint density at radius 1 is 1.20 bits per heavy atom. The minimum atomic E-state index is -3.72. The van der Waals surface area contributed by atoms with Gasteiger partial charge in [0.1, 0.15) is 5.38 Å². The molecule has 0 heterocycles. The third kappa shape index (κ3) is 0.772. The maximum atomic E-state index is 12.2. The van der Waals surface area contributed by atoms with Crippen molar-refractivity contribution < 1.29 is 13.2 Å². The van der Waals surface area contributed by atoms with Crippen LogP contribution in [0.2, 0.25) is 0 Å². The van der Waals surface area contributed by atoms with E-state index in [0.717, 1.165) is 0 Å². The first-order valence-corrected chi connectivity index (χ1v) is 3.55. The molecule has 1 fully saturated rings. The van der Waals surface area contributed by atoms with Crippen LogP contribution >= 0.6 is 34.8 Å². The van der Waals surface area contributed by atoms with Gasteiger partial charge in [0, 0.05) is 0 Å². The predicted molar refractivity (Wildman–Crippen MR) is 33.9 cm³/mol. The van der Waals surface area contributed by atoms with E-state index in [-0.39, 0.29) is 0 Å². The van der Waals surface area contributed by atoms with Crippen molar-refractivity contribution in [2.75, 3.05) is 0 Å². The zero-order valence-corrected chi connectivity index (χ0v) is 6.69. The summed E-state index contributed by atoms with van der Waals surface area (Å²) in [6.07, 6.45) is -2.44. The van der Waals surface area contributed by atoms with Crippen molar-refractivity contribution in [2.45, 2.75) is 21.8 Å². The summed E-state index contributed by atoms with van der Waals surface area (Å²) in [7, 11) is 0. The number of hydrogen-bond acceptors (Lipinski definition) is 0. The van der Waals surface area contributed by atoms with Crippen LogP contribution in [0.1, 0.15) is 0 Å². The Kier molecular flexibility index (Phi) is 1.82. The van der Waals surface area contributed by atoms with Crippen LogP contribution in [0.5, 0.6) is 0 Å². The Hall–Kier alpha value is 0.660. The second-order valence-corrected chi connectivity index (χ2v) is 3.91. The molecule has 0 aliphatic heterocycles. The molecule has 0 aromatic rings. The number of hydrogen-bond donors (Lipinski definition) is 0. The van der Waals surface area contributed by atoms with Crippen LogP contribution in [-0.4, -0.2) is 21.8 Å². The van der Waals surface area contributed by atoms with Gasteiger partial charge in [-0.2, -0.15) is 8.78 Å². The third-order valence-corrected chi connectivity index (χ3v) is 3.14. The molecule has 0 aromatic heterocycles. The standard InChI is InChI=1S/C4H2Cl3F3/c5-1-2(8)4(9,10)3(1,6)7/h1-2H. The Labute approximate surface area is 70.2 Å². The molecule has 10 heavy (non-hydrogen) atoms. The summed E-state index contributed by atoms with van der Waals surface area (Å²) in [5, 5.41) is -1.52. The van der Waals surface area contributed by atoms with E-state index in [1.807, 2.05) is 0 Å². The van der Waals surface area contributed by atoms with Gasteiger partial charge in [-0.3, -0.25) is 0 Å². The second kappa shape index (κ2) is 2.08. The lowest BCUT2D eigenvalue weighted by molar-refractivity contribution is -0.147. The van der Waals surface area contributed by atoms with E-state index < -0.39 is 21.8 Å². The smallest absolute Gasteiger partial charge is 0.239 e. The van der Waals surface area contributed by atoms with Crippen molar-refractivity contribution in [1.29, 1.82) is 0 Å². The van der Waals surface area contributed by atoms with Gasteiger partial charge >= 0.3 is 5.92 Å². The molecule has 1 saturated carbocycles. The van der Waals surface area contributed by atoms with Gasteiger partial charge in [-0.25, -0.2) is 4.39 Å². The van der Waals surface area contributed by atoms with Crippen molar-refractivity contribution in [3.05, 3.63) is 0 Å². The molecule has 0 aromatic carbocycles. The summed E-state index contributed by atoms with van der Waals surface area (Å²) in [6, 6.07) is 0. The fourth-order valence-electron chi connectivity index (χ4n) is 0.639. The molecule has 0 N–H and O–H groups in total. The molecular weight excluding hydrogens is 211 g/mol. The van der Waals surface area contributed by atoms with Gasteiger partial charge in [0.2, 0.25) is 4.33 Å². The summed E-state index contributed by atoms with van der Waals surface area (Å²) in [4.78, 5) is 0. The van der Waals surface area contributed by atoms with E-state index in [1.54, 1.807) is 0 Å². The number of alkyl halides is 6. The summed E-state index contributed by atoms with van der Waals surface area (Å²) in [5.74, 6) is -3.72. The first kappa shape index (κ1) is 8.75. The molecule has 0 radical (unpaired) electrons. The maximum Gasteiger partial charge on any atom is 0.314 e. The van der Waals surface area contributed by atoms with Gasteiger partial charge in [-0.05, 0) is 0 Å². The topological polar surface area (TPSA) is 0 Å². The lowest BCUT2D eigenvalue weighted by Gasteiger charge is -2.46. The second-order valence-electron chi connectivity index (χ2n) is 2.05. The van der Waals surface area contributed by atoms with E-state index in [2.05, 4.69) is 0 Å². The zero-order valence-electron chi connectivity index (χ0n) is 4.42. The summed E-state index contributed by atoms with van der Waals surface area (Å²) in [6.45, 7) is 0. The van der Waals surface area contributed by atoms with Crippen LogP contribution in [0.3, 0.4) is 0 Å². The summed E-state index contributed by atoms with van der Waals surface area (Å²) < 4.78 is 34.2. The van der Waals surface area contributed by atoms with Crippen LogP contribution in [0.25, 0.3) is 0 Å². The molecule has 0 saturated heterocycles. The Balaban J connectivity index is 2.82. The average molecular weight is 213 g/mol. The lowest BCUT2D eigenvalue weighted by atomic mass is 9.90. The van der Waals surface area contributed by atoms with Crippen molar-refractivity contribution in [3.63, 3.8) is 0 Å². The minimum absolute atomic E-state index is 1.52. The van der Waals surface area contributed by atoms with Crippen molar-refractivity contribution in [3.8, 4) is 0 Å². The normalized spacial score (nSPS) is 42.6. The quantitative estimate of drug-likeness (QED) is 0.543. The van der Waals surface area contributed by atoms with Crippen molar-refractivity contribution in [1.82, 2.24) is 0 Å². The van der Waals surface area contributed by atoms with E-state index in [0.29, 0.717) is 0 Å². The third-order valence-electron chi connectivity index (χ3n) is 1.39. The summed E-state index contributed by atoms with van der Waals surface area (Å²) in [5.41, 5.74) is 0. The molecule has 60 valence electrons. The van der Waals surface area contributed by atoms with E-state index >= 15 is 0 Å². The molecule has 2 unspecified atom stereocenters. The fraction of sp³-hybridized carbons (Fsp3) is 1.00. The molecule has 1 rings (SSSR count). The highest BCUT2D eigenvalue weighted by atomic mass is 35.5. The Morgan fingerprint density at radius 2 is 1.60 bits per heavy atom. The lowest BCUT2D eigenvalue weighted by Crippen LogP contribution is -2.68. The van der Waals surface area contributed by atoms with Gasteiger partial charge < -0.3 is 0 Å². The van der Waals surface area contributed by atoms with Crippen LogP contribution in [0, 0.1) is 0 Å². The van der Waals surface area contributed by atoms with Gasteiger partial charge in [0.05, 0.1) is 0 Å². The van der Waals surface area contributed by atoms with Gasteiger partial charge in [-0.1, -0.05) is 23.2 Å². The molecule has 0 amide bonds. The maximum absolute atomic E-state index is 12.2. The molecular formula is C4H2Cl3F3. The Morgan fingerprint density at radius 3 is 1.70 bits per heavy atom. The highest BCUT2D eigenvalue weighted by molar-refractivity contribution is 6.54. The van der Waals surface area contributed by atoms with Crippen LogP contribution in [0.15, 0.2) is 0 Å². The van der Waals surface area contributed by atoms with Crippen LogP contribution in [0.4, 0.5) is 13.2 Å². The zero-order chi connectivity index (χ0) is 8.15. The molecule has 0 bridgehead atoms. The van der Waals surface area contributed by atoms with Crippen LogP contribution < -0.4 is 0 Å². The SMILES string of the molecule is FC1C(Cl)C(Cl)(Cl)C1(F)F. The van der Waals surface area contributed by atoms with Gasteiger partial charge in [0.25, 0.3) is 0 Å². The van der Waals surface area contributed by atoms with E-state index in [4.69, 9.17) is 34.8 Å². The molecule has 0 nitrogen and oxygen atoms in total. The first-order valence-electron chi connectivity index (χ1n) is 2.35. The first-order chi connectivity index (χ1) is 4.32. The van der Waals surface area contributed by atoms with Crippen molar-refractivity contribution >= 4 is 34.8 Å². The monoisotopic (exact) mass is 212 g/mol. The van der Waals surface area contributed by atoms with Crippen molar-refractivity contribution in [2.24, 2.45) is 0 Å². The largest absolute Gasteiger partial charge is 0.314 e. The summed E-state index contributed by atoms with van der Waals surface area (Å²) >= 11 is 15.0. The molecule has 2 atom stereocenters. The predicted octanol–water partition coefficient (Wildman–Crippen LogP) is 2.75. The number of halogens is 6. The highest BCUT2D eigenvalue weighted by Gasteiger charge is 2.75. The van der Waals surface area contributed by atoms with Gasteiger partial charge in [0.15, 0.2) is 6.17 Å². The van der Waals surface area contributed by atoms with Crippen LogP contribution in [-0.2, 0) is 0 Å². The fourth-order valence-corrected chi connectivity index (χ4v) is 1.37. The Bertz CT molecular complexity index is 140. The van der Waals surface area contributed by atoms with E-state index in [1.165, 1.54) is 0 Å². The van der Waals surface area contributed by atoms with E-state index in [9.17, 15) is 13.2 Å². The van der Waals surface area contributed by atoms with Gasteiger partial charge in [-0.15, -0.1) is 11.6 Å². The average Bonchev–Trinajstić information content (AvgIpc) is 1.84.